The van der Waals surface area contributed by atoms with E-state index in [1.165, 1.54) is 0 Å². The van der Waals surface area contributed by atoms with Gasteiger partial charge in [0, 0.05) is 38.6 Å². The van der Waals surface area contributed by atoms with E-state index in [4.69, 9.17) is 5.73 Å². The van der Waals surface area contributed by atoms with Gasteiger partial charge in [-0.05, 0) is 17.9 Å². The Hall–Kier alpha value is -0.850. The van der Waals surface area contributed by atoms with E-state index in [9.17, 15) is 8.42 Å². The van der Waals surface area contributed by atoms with E-state index in [0.29, 0.717) is 36.4 Å². The molecule has 2 unspecified atom stereocenters. The molecule has 5 nitrogen and oxygen atoms in total. The molecule has 1 fully saturated rings. The van der Waals surface area contributed by atoms with E-state index in [1.807, 2.05) is 7.05 Å². The van der Waals surface area contributed by atoms with E-state index in [0.717, 1.165) is 5.69 Å². The lowest BCUT2D eigenvalue weighted by Crippen LogP contribution is -2.28. The molecule has 102 valence electrons. The monoisotopic (exact) mass is 271 g/mol. The first-order valence-corrected chi connectivity index (χ1v) is 7.65. The Balaban J connectivity index is 2.31. The van der Waals surface area contributed by atoms with Gasteiger partial charge < -0.3 is 10.3 Å². The van der Waals surface area contributed by atoms with E-state index in [-0.39, 0.29) is 0 Å². The summed E-state index contributed by atoms with van der Waals surface area (Å²) in [5, 5.41) is 0. The molecule has 1 saturated heterocycles. The molecule has 2 N–H and O–H groups in total. The van der Waals surface area contributed by atoms with Crippen molar-refractivity contribution in [3.05, 3.63) is 18.0 Å². The van der Waals surface area contributed by atoms with Crippen molar-refractivity contribution in [3.63, 3.8) is 0 Å². The van der Waals surface area contributed by atoms with Gasteiger partial charge in [-0.3, -0.25) is 0 Å². The van der Waals surface area contributed by atoms with Crippen LogP contribution in [-0.4, -0.2) is 30.4 Å². The number of aryl methyl sites for hydroxylation is 1. The molecule has 0 aromatic carbocycles. The summed E-state index contributed by atoms with van der Waals surface area (Å²) in [6.45, 7) is 5.75. The van der Waals surface area contributed by atoms with Gasteiger partial charge in [0.2, 0.25) is 10.0 Å². The van der Waals surface area contributed by atoms with Gasteiger partial charge in [0.05, 0.1) is 0 Å². The molecule has 18 heavy (non-hydrogen) atoms. The summed E-state index contributed by atoms with van der Waals surface area (Å²) >= 11 is 0. The topological polar surface area (TPSA) is 68.3 Å². The molecule has 0 spiro atoms. The number of hydrogen-bond acceptors (Lipinski definition) is 3. The Morgan fingerprint density at radius 3 is 2.33 bits per heavy atom. The van der Waals surface area contributed by atoms with Crippen molar-refractivity contribution in [2.75, 3.05) is 13.1 Å². The average Bonchev–Trinajstić information content (AvgIpc) is 2.84. The van der Waals surface area contributed by atoms with Crippen LogP contribution in [0.1, 0.15) is 19.5 Å². The molecular formula is C12H21N3O2S. The number of sulfonamides is 1. The minimum Gasteiger partial charge on any atom is -0.352 e. The Morgan fingerprint density at radius 2 is 1.89 bits per heavy atom. The van der Waals surface area contributed by atoms with Gasteiger partial charge in [0.25, 0.3) is 0 Å². The first kappa shape index (κ1) is 13.6. The molecule has 0 amide bonds. The highest BCUT2D eigenvalue weighted by atomic mass is 32.2. The fourth-order valence-corrected chi connectivity index (χ4v) is 4.08. The summed E-state index contributed by atoms with van der Waals surface area (Å²) in [7, 11) is -1.54. The van der Waals surface area contributed by atoms with Gasteiger partial charge in [-0.15, -0.1) is 0 Å². The first-order chi connectivity index (χ1) is 8.36. The van der Waals surface area contributed by atoms with E-state index in [1.54, 1.807) is 21.1 Å². The summed E-state index contributed by atoms with van der Waals surface area (Å²) < 4.78 is 28.3. The fourth-order valence-electron chi connectivity index (χ4n) is 2.34. The predicted octanol–water partition coefficient (Wildman–Crippen LogP) is 0.760. The smallest absolute Gasteiger partial charge is 0.244 e. The maximum atomic E-state index is 12.5. The molecule has 0 bridgehead atoms. The Labute approximate surface area is 109 Å². The van der Waals surface area contributed by atoms with Crippen LogP contribution in [0.2, 0.25) is 0 Å². The zero-order chi connectivity index (χ0) is 13.5. The molecule has 2 heterocycles. The highest BCUT2D eigenvalue weighted by Crippen LogP contribution is 2.28. The lowest BCUT2D eigenvalue weighted by Gasteiger charge is -2.14. The molecule has 2 rings (SSSR count). The molecule has 1 aromatic rings. The van der Waals surface area contributed by atoms with Gasteiger partial charge in [-0.1, -0.05) is 13.8 Å². The molecule has 0 saturated carbocycles. The first-order valence-electron chi connectivity index (χ1n) is 6.21. The van der Waals surface area contributed by atoms with Crippen LogP contribution in [0.15, 0.2) is 17.2 Å². The van der Waals surface area contributed by atoms with Crippen molar-refractivity contribution < 1.29 is 8.42 Å². The lowest BCUT2D eigenvalue weighted by atomic mass is 10.0. The molecule has 1 aliphatic heterocycles. The van der Waals surface area contributed by atoms with Gasteiger partial charge in [0.15, 0.2) is 0 Å². The van der Waals surface area contributed by atoms with Crippen LogP contribution in [-0.2, 0) is 23.6 Å². The summed E-state index contributed by atoms with van der Waals surface area (Å²) in [5.74, 6) is 0.829. The second kappa shape index (κ2) is 4.68. The van der Waals surface area contributed by atoms with E-state index in [2.05, 4.69) is 13.8 Å². The Bertz CT molecular complexity index is 526. The number of nitrogens with zero attached hydrogens (tertiary/aromatic N) is 2. The van der Waals surface area contributed by atoms with Gasteiger partial charge in [-0.25, -0.2) is 8.42 Å². The molecule has 6 heteroatoms. The highest BCUT2D eigenvalue weighted by Gasteiger charge is 2.35. The summed E-state index contributed by atoms with van der Waals surface area (Å²) in [5.41, 5.74) is 6.40. The van der Waals surface area contributed by atoms with E-state index >= 15 is 0 Å². The fraction of sp³-hybridized carbons (Fsp3) is 0.667. The van der Waals surface area contributed by atoms with Crippen LogP contribution in [0.5, 0.6) is 0 Å². The summed E-state index contributed by atoms with van der Waals surface area (Å²) in [4.78, 5) is 0.353. The second-order valence-corrected chi connectivity index (χ2v) is 7.20. The number of rotatable bonds is 3. The third-order valence-corrected chi connectivity index (χ3v) is 5.68. The van der Waals surface area contributed by atoms with E-state index < -0.39 is 10.0 Å². The van der Waals surface area contributed by atoms with Gasteiger partial charge in [-0.2, -0.15) is 4.31 Å². The lowest BCUT2D eigenvalue weighted by molar-refractivity contribution is 0.463. The third kappa shape index (κ3) is 2.20. The zero-order valence-electron chi connectivity index (χ0n) is 11.1. The Morgan fingerprint density at radius 1 is 1.33 bits per heavy atom. The molecule has 2 atom stereocenters. The van der Waals surface area contributed by atoms with Crippen molar-refractivity contribution in [2.24, 2.45) is 24.6 Å². The minimum atomic E-state index is -3.36. The number of aromatic nitrogens is 1. The predicted molar refractivity (Wildman–Crippen MR) is 70.4 cm³/mol. The van der Waals surface area contributed by atoms with Crippen LogP contribution in [0.25, 0.3) is 0 Å². The summed E-state index contributed by atoms with van der Waals surface area (Å²) in [6, 6.07) is 1.67. The zero-order valence-corrected chi connectivity index (χ0v) is 11.9. The SMILES string of the molecule is CC1CN(S(=O)(=O)c2cc(CN)n(C)c2)CC1C. The largest absolute Gasteiger partial charge is 0.352 e. The van der Waals surface area contributed by atoms with Crippen LogP contribution >= 0.6 is 0 Å². The maximum Gasteiger partial charge on any atom is 0.244 e. The van der Waals surface area contributed by atoms with Crippen molar-refractivity contribution in [1.82, 2.24) is 8.87 Å². The standard InChI is InChI=1S/C12H21N3O2S/c1-9-6-15(7-10(9)2)18(16,17)12-4-11(5-13)14(3)8-12/h4,8-10H,5-7,13H2,1-3H3. The molecule has 0 radical (unpaired) electrons. The quantitative estimate of drug-likeness (QED) is 0.882. The highest BCUT2D eigenvalue weighted by molar-refractivity contribution is 7.89. The van der Waals surface area contributed by atoms with Crippen molar-refractivity contribution >= 4 is 10.0 Å². The number of hydrogen-bond donors (Lipinski definition) is 1. The van der Waals surface area contributed by atoms with Crippen LogP contribution in [0.3, 0.4) is 0 Å². The molecule has 0 aliphatic carbocycles. The Kier molecular flexibility index (Phi) is 3.53. The van der Waals surface area contributed by atoms with Crippen LogP contribution in [0.4, 0.5) is 0 Å². The van der Waals surface area contributed by atoms with Crippen molar-refractivity contribution in [1.29, 1.82) is 0 Å². The van der Waals surface area contributed by atoms with Crippen LogP contribution in [0, 0.1) is 11.8 Å². The van der Waals surface area contributed by atoms with Crippen molar-refractivity contribution in [2.45, 2.75) is 25.3 Å². The molecule has 1 aromatic heterocycles. The number of nitrogens with two attached hydrogens (primary N) is 1. The normalized spacial score (nSPS) is 25.8. The average molecular weight is 271 g/mol. The second-order valence-electron chi connectivity index (χ2n) is 5.26. The van der Waals surface area contributed by atoms with Gasteiger partial charge >= 0.3 is 0 Å². The van der Waals surface area contributed by atoms with Gasteiger partial charge in [0.1, 0.15) is 4.90 Å². The molecular weight excluding hydrogens is 250 g/mol. The van der Waals surface area contributed by atoms with Crippen LogP contribution < -0.4 is 5.73 Å². The summed E-state index contributed by atoms with van der Waals surface area (Å²) in [6.07, 6.45) is 1.64. The molecule has 1 aliphatic rings. The van der Waals surface area contributed by atoms with Crippen molar-refractivity contribution in [3.8, 4) is 0 Å². The third-order valence-electron chi connectivity index (χ3n) is 3.88. The maximum absolute atomic E-state index is 12.5. The minimum absolute atomic E-state index is 0.346.